The summed E-state index contributed by atoms with van der Waals surface area (Å²) < 4.78 is 11.0. The Bertz CT molecular complexity index is 1100. The third-order valence-corrected chi connectivity index (χ3v) is 5.95. The van der Waals surface area contributed by atoms with E-state index in [1.165, 1.54) is 0 Å². The number of ether oxygens (including phenoxy) is 2. The molecule has 1 atom stereocenters. The highest BCUT2D eigenvalue weighted by atomic mass is 16.7. The van der Waals surface area contributed by atoms with E-state index in [4.69, 9.17) is 9.47 Å². The molecule has 3 aliphatic rings. The van der Waals surface area contributed by atoms with E-state index >= 15 is 0 Å². The van der Waals surface area contributed by atoms with E-state index in [0.29, 0.717) is 23.5 Å². The van der Waals surface area contributed by atoms with Crippen molar-refractivity contribution >= 4 is 23.1 Å². The summed E-state index contributed by atoms with van der Waals surface area (Å²) in [5, 5.41) is 3.49. The van der Waals surface area contributed by atoms with Crippen molar-refractivity contribution in [3.05, 3.63) is 59.3 Å². The number of anilines is 2. The first-order chi connectivity index (χ1) is 14.3. The third kappa shape index (κ3) is 2.95. The molecule has 0 saturated carbocycles. The fourth-order valence-electron chi connectivity index (χ4n) is 4.73. The lowest BCUT2D eigenvalue weighted by atomic mass is 9.73. The van der Waals surface area contributed by atoms with Gasteiger partial charge in [0.05, 0.1) is 17.4 Å². The van der Waals surface area contributed by atoms with Crippen molar-refractivity contribution in [1.29, 1.82) is 0 Å². The van der Waals surface area contributed by atoms with E-state index in [-0.39, 0.29) is 23.9 Å². The largest absolute Gasteiger partial charge is 0.454 e. The molecular weight excluding hydrogens is 380 g/mol. The zero-order valence-corrected chi connectivity index (χ0v) is 17.3. The number of Topliss-reactive ketones (excluding diaryl/α,β-unsaturated/α-hetero) is 1. The molecule has 6 heteroatoms. The molecule has 2 heterocycles. The number of nitrogens with zero attached hydrogens (tertiary/aromatic N) is 1. The molecule has 30 heavy (non-hydrogen) atoms. The number of hydrogen-bond acceptors (Lipinski definition) is 5. The van der Waals surface area contributed by atoms with Gasteiger partial charge in [0.15, 0.2) is 17.3 Å². The van der Waals surface area contributed by atoms with Gasteiger partial charge in [0.2, 0.25) is 12.7 Å². The van der Waals surface area contributed by atoms with Crippen LogP contribution in [-0.4, -0.2) is 18.5 Å². The van der Waals surface area contributed by atoms with Crippen molar-refractivity contribution in [2.24, 2.45) is 5.41 Å². The summed E-state index contributed by atoms with van der Waals surface area (Å²) in [6, 6.07) is 12.8. The molecule has 0 spiro atoms. The van der Waals surface area contributed by atoms with Crippen LogP contribution in [-0.2, 0) is 9.59 Å². The van der Waals surface area contributed by atoms with Crippen molar-refractivity contribution < 1.29 is 19.1 Å². The molecule has 2 aliphatic heterocycles. The number of carbonyl (C=O) groups excluding carboxylic acids is 2. The van der Waals surface area contributed by atoms with Crippen LogP contribution in [0.1, 0.15) is 45.2 Å². The Morgan fingerprint density at radius 1 is 1.10 bits per heavy atom. The molecule has 1 unspecified atom stereocenters. The van der Waals surface area contributed by atoms with Crippen molar-refractivity contribution in [3.8, 4) is 11.5 Å². The molecule has 5 rings (SSSR count). The van der Waals surface area contributed by atoms with Crippen LogP contribution in [0.3, 0.4) is 0 Å². The van der Waals surface area contributed by atoms with Crippen LogP contribution in [0.25, 0.3) is 0 Å². The van der Waals surface area contributed by atoms with Crippen molar-refractivity contribution in [2.45, 2.75) is 39.7 Å². The summed E-state index contributed by atoms with van der Waals surface area (Å²) in [6.07, 6.45) is 1.17. The molecule has 2 aromatic carbocycles. The zero-order chi connectivity index (χ0) is 21.0. The number of fused-ring (bicyclic) bond motifs is 2. The Morgan fingerprint density at radius 3 is 2.67 bits per heavy atom. The normalized spacial score (nSPS) is 21.5. The summed E-state index contributed by atoms with van der Waals surface area (Å²) in [7, 11) is 0. The van der Waals surface area contributed by atoms with Crippen LogP contribution in [0, 0.1) is 5.41 Å². The molecule has 0 bridgehead atoms. The average Bonchev–Trinajstić information content (AvgIpc) is 3.08. The van der Waals surface area contributed by atoms with Gasteiger partial charge in [0, 0.05) is 24.6 Å². The smallest absolute Gasteiger partial charge is 0.231 e. The minimum Gasteiger partial charge on any atom is -0.454 e. The SMILES string of the molecule is CC(=O)N1c2ccccc2NC2=C(C(=O)CC(C)(C)C2)C1c1ccc2c(c1)OCO2. The van der Waals surface area contributed by atoms with Gasteiger partial charge in [0.25, 0.3) is 0 Å². The first kappa shape index (κ1) is 18.7. The lowest BCUT2D eigenvalue weighted by Gasteiger charge is -2.36. The predicted molar refractivity (Wildman–Crippen MR) is 114 cm³/mol. The Hall–Kier alpha value is -3.28. The van der Waals surface area contributed by atoms with Crippen molar-refractivity contribution in [1.82, 2.24) is 0 Å². The second kappa shape index (κ2) is 6.62. The first-order valence-corrected chi connectivity index (χ1v) is 10.2. The number of hydrogen-bond donors (Lipinski definition) is 1. The Morgan fingerprint density at radius 2 is 1.87 bits per heavy atom. The van der Waals surface area contributed by atoms with Gasteiger partial charge < -0.3 is 14.8 Å². The van der Waals surface area contributed by atoms with Gasteiger partial charge in [-0.15, -0.1) is 0 Å². The van der Waals surface area contributed by atoms with Gasteiger partial charge in [0.1, 0.15) is 0 Å². The van der Waals surface area contributed by atoms with Gasteiger partial charge in [-0.3, -0.25) is 14.5 Å². The topological polar surface area (TPSA) is 67.9 Å². The van der Waals surface area contributed by atoms with E-state index in [0.717, 1.165) is 29.1 Å². The Kier molecular flexibility index (Phi) is 4.13. The second-order valence-corrected chi connectivity index (χ2v) is 8.88. The Labute approximate surface area is 175 Å². The van der Waals surface area contributed by atoms with Crippen molar-refractivity contribution in [2.75, 3.05) is 17.0 Å². The van der Waals surface area contributed by atoms with Crippen LogP contribution in [0.5, 0.6) is 11.5 Å². The van der Waals surface area contributed by atoms with Gasteiger partial charge >= 0.3 is 0 Å². The average molecular weight is 404 g/mol. The van der Waals surface area contributed by atoms with Gasteiger partial charge in [-0.1, -0.05) is 32.0 Å². The molecule has 154 valence electrons. The molecule has 1 amide bonds. The highest BCUT2D eigenvalue weighted by molar-refractivity contribution is 6.05. The standard InChI is InChI=1S/C24H24N2O4/c1-14(27)26-18-7-5-4-6-16(18)25-17-11-24(2,3)12-19(28)22(17)23(26)15-8-9-20-21(10-15)30-13-29-20/h4-10,23,25H,11-13H2,1-3H3. The van der Waals surface area contributed by atoms with Gasteiger partial charge in [-0.2, -0.15) is 0 Å². The van der Waals surface area contributed by atoms with Crippen LogP contribution < -0.4 is 19.7 Å². The monoisotopic (exact) mass is 404 g/mol. The minimum atomic E-state index is -0.535. The highest BCUT2D eigenvalue weighted by Gasteiger charge is 2.42. The van der Waals surface area contributed by atoms with Crippen LogP contribution in [0.15, 0.2) is 53.7 Å². The number of nitrogens with one attached hydrogen (secondary N) is 1. The second-order valence-electron chi connectivity index (χ2n) is 8.88. The van der Waals surface area contributed by atoms with Crippen LogP contribution in [0.4, 0.5) is 11.4 Å². The van der Waals surface area contributed by atoms with E-state index in [1.54, 1.807) is 11.8 Å². The summed E-state index contributed by atoms with van der Waals surface area (Å²) in [5.74, 6) is 1.24. The molecule has 0 radical (unpaired) electrons. The fraction of sp³-hybridized carbons (Fsp3) is 0.333. The maximum Gasteiger partial charge on any atom is 0.231 e. The maximum absolute atomic E-state index is 13.4. The summed E-state index contributed by atoms with van der Waals surface area (Å²) >= 11 is 0. The van der Waals surface area contributed by atoms with E-state index in [9.17, 15) is 9.59 Å². The van der Waals surface area contributed by atoms with Gasteiger partial charge in [-0.05, 0) is 41.7 Å². The number of benzene rings is 2. The van der Waals surface area contributed by atoms with Crippen molar-refractivity contribution in [3.63, 3.8) is 0 Å². The summed E-state index contributed by atoms with van der Waals surface area (Å²) in [4.78, 5) is 28.1. The van der Waals surface area contributed by atoms with E-state index in [1.807, 2.05) is 42.5 Å². The number of allylic oxidation sites excluding steroid dienone is 1. The highest BCUT2D eigenvalue weighted by Crippen LogP contribution is 2.49. The molecule has 0 saturated heterocycles. The lowest BCUT2D eigenvalue weighted by molar-refractivity contribution is -0.118. The molecule has 0 fully saturated rings. The van der Waals surface area contributed by atoms with Crippen LogP contribution in [0.2, 0.25) is 0 Å². The molecule has 1 aliphatic carbocycles. The van der Waals surface area contributed by atoms with Crippen LogP contribution >= 0.6 is 0 Å². The quantitative estimate of drug-likeness (QED) is 0.754. The molecule has 6 nitrogen and oxygen atoms in total. The van der Waals surface area contributed by atoms with Gasteiger partial charge in [-0.25, -0.2) is 0 Å². The number of rotatable bonds is 1. The fourth-order valence-corrected chi connectivity index (χ4v) is 4.73. The number of para-hydroxylation sites is 2. The molecule has 0 aromatic heterocycles. The third-order valence-electron chi connectivity index (χ3n) is 5.95. The zero-order valence-electron chi connectivity index (χ0n) is 17.3. The predicted octanol–water partition coefficient (Wildman–Crippen LogP) is 4.58. The number of carbonyl (C=O) groups is 2. The maximum atomic E-state index is 13.4. The summed E-state index contributed by atoms with van der Waals surface area (Å²) in [5.41, 5.74) is 3.80. The minimum absolute atomic E-state index is 0.0653. The van der Waals surface area contributed by atoms with E-state index in [2.05, 4.69) is 19.2 Å². The molecule has 1 N–H and O–H groups in total. The number of amides is 1. The lowest BCUT2D eigenvalue weighted by Crippen LogP contribution is -2.38. The molecular formula is C24H24N2O4. The molecule has 2 aromatic rings. The Balaban J connectivity index is 1.77. The first-order valence-electron chi connectivity index (χ1n) is 10.2. The summed E-state index contributed by atoms with van der Waals surface area (Å²) in [6.45, 7) is 5.92. The van der Waals surface area contributed by atoms with E-state index < -0.39 is 6.04 Å². The number of ketones is 1.